The van der Waals surface area contributed by atoms with Gasteiger partial charge >= 0.3 is 5.97 Å². The van der Waals surface area contributed by atoms with Crippen molar-refractivity contribution in [2.24, 2.45) is 5.92 Å². The van der Waals surface area contributed by atoms with Gasteiger partial charge in [0.2, 0.25) is 0 Å². The highest BCUT2D eigenvalue weighted by atomic mass is 79.9. The van der Waals surface area contributed by atoms with Crippen molar-refractivity contribution in [3.05, 3.63) is 38.3 Å². The Morgan fingerprint density at radius 2 is 2.15 bits per heavy atom. The van der Waals surface area contributed by atoms with Gasteiger partial charge in [0.05, 0.1) is 4.92 Å². The molecule has 1 aromatic rings. The maximum absolute atomic E-state index is 11.9. The molecule has 1 unspecified atom stereocenters. The molecule has 1 rings (SSSR count). The molecule has 0 radical (unpaired) electrons. The minimum atomic E-state index is -0.957. The van der Waals surface area contributed by atoms with Gasteiger partial charge < -0.3 is 10.4 Å². The number of carboxylic acid groups (broad SMARTS) is 1. The van der Waals surface area contributed by atoms with Gasteiger partial charge in [0.25, 0.3) is 11.6 Å². The molecule has 0 aliphatic rings. The number of nitro benzene ring substituents is 1. The van der Waals surface area contributed by atoms with E-state index in [1.165, 1.54) is 18.2 Å². The summed E-state index contributed by atoms with van der Waals surface area (Å²) in [5.41, 5.74) is -0.358. The lowest BCUT2D eigenvalue weighted by atomic mass is 10.1. The van der Waals surface area contributed by atoms with Gasteiger partial charge in [-0.25, -0.2) is 0 Å². The van der Waals surface area contributed by atoms with Crippen LogP contribution in [0.4, 0.5) is 5.69 Å². The SMILES string of the molecule is CC(CNC(=O)c1ccc(Br)cc1[N+](=O)[O-])CC(=O)O. The largest absolute Gasteiger partial charge is 0.481 e. The van der Waals surface area contributed by atoms with E-state index < -0.39 is 16.8 Å². The fourth-order valence-electron chi connectivity index (χ4n) is 1.58. The van der Waals surface area contributed by atoms with E-state index in [0.29, 0.717) is 4.47 Å². The van der Waals surface area contributed by atoms with E-state index in [0.717, 1.165) is 0 Å². The number of nitro groups is 1. The number of hydrogen-bond acceptors (Lipinski definition) is 4. The van der Waals surface area contributed by atoms with Crippen LogP contribution in [0, 0.1) is 16.0 Å². The lowest BCUT2D eigenvalue weighted by molar-refractivity contribution is -0.385. The molecule has 0 bridgehead atoms. The molecule has 0 saturated heterocycles. The van der Waals surface area contributed by atoms with Crippen molar-refractivity contribution in [1.29, 1.82) is 0 Å². The van der Waals surface area contributed by atoms with E-state index in [-0.39, 0.29) is 30.1 Å². The Balaban J connectivity index is 2.78. The zero-order chi connectivity index (χ0) is 15.3. The number of hydrogen-bond donors (Lipinski definition) is 2. The lowest BCUT2D eigenvalue weighted by Gasteiger charge is -2.10. The summed E-state index contributed by atoms with van der Waals surface area (Å²) in [5.74, 6) is -1.81. The zero-order valence-corrected chi connectivity index (χ0v) is 12.2. The second-order valence-electron chi connectivity index (χ2n) is 4.33. The number of halogens is 1. The summed E-state index contributed by atoms with van der Waals surface area (Å²) in [6.07, 6.45) is -0.0806. The Labute approximate surface area is 123 Å². The van der Waals surface area contributed by atoms with Crippen molar-refractivity contribution in [1.82, 2.24) is 5.32 Å². The van der Waals surface area contributed by atoms with E-state index in [1.807, 2.05) is 0 Å². The lowest BCUT2D eigenvalue weighted by Crippen LogP contribution is -2.29. The average Bonchev–Trinajstić information content (AvgIpc) is 2.35. The topological polar surface area (TPSA) is 110 Å². The summed E-state index contributed by atoms with van der Waals surface area (Å²) in [6.45, 7) is 1.81. The maximum atomic E-state index is 11.9. The number of benzene rings is 1. The highest BCUT2D eigenvalue weighted by molar-refractivity contribution is 9.10. The number of nitrogens with zero attached hydrogens (tertiary/aromatic N) is 1. The molecule has 0 aromatic heterocycles. The highest BCUT2D eigenvalue weighted by Crippen LogP contribution is 2.23. The summed E-state index contributed by atoms with van der Waals surface area (Å²) in [6, 6.07) is 4.12. The molecular formula is C12H13BrN2O5. The Morgan fingerprint density at radius 3 is 2.70 bits per heavy atom. The number of nitrogens with one attached hydrogen (secondary N) is 1. The fourth-order valence-corrected chi connectivity index (χ4v) is 1.93. The number of carboxylic acids is 1. The van der Waals surface area contributed by atoms with Crippen LogP contribution in [0.5, 0.6) is 0 Å². The van der Waals surface area contributed by atoms with Crippen molar-refractivity contribution in [3.63, 3.8) is 0 Å². The monoisotopic (exact) mass is 344 g/mol. The van der Waals surface area contributed by atoms with Crippen LogP contribution in [0.3, 0.4) is 0 Å². The first-order valence-electron chi connectivity index (χ1n) is 5.75. The Morgan fingerprint density at radius 1 is 1.50 bits per heavy atom. The molecule has 2 N–H and O–H groups in total. The van der Waals surface area contributed by atoms with E-state index in [1.54, 1.807) is 6.92 Å². The van der Waals surface area contributed by atoms with Crippen LogP contribution in [0.2, 0.25) is 0 Å². The van der Waals surface area contributed by atoms with Gasteiger partial charge in [0, 0.05) is 23.5 Å². The van der Waals surface area contributed by atoms with Gasteiger partial charge in [-0.3, -0.25) is 19.7 Å². The number of carbonyl (C=O) groups is 2. The molecular weight excluding hydrogens is 332 g/mol. The van der Waals surface area contributed by atoms with E-state index in [2.05, 4.69) is 21.2 Å². The third-order valence-electron chi connectivity index (χ3n) is 2.54. The Bertz CT molecular complexity index is 547. The van der Waals surface area contributed by atoms with Gasteiger partial charge in [-0.05, 0) is 18.1 Å². The molecule has 0 spiro atoms. The Kier molecular flexibility index (Phi) is 5.63. The highest BCUT2D eigenvalue weighted by Gasteiger charge is 2.20. The second kappa shape index (κ2) is 6.99. The van der Waals surface area contributed by atoms with Crippen LogP contribution >= 0.6 is 15.9 Å². The average molecular weight is 345 g/mol. The molecule has 108 valence electrons. The van der Waals surface area contributed by atoms with Crippen LogP contribution in [-0.4, -0.2) is 28.5 Å². The molecule has 20 heavy (non-hydrogen) atoms. The van der Waals surface area contributed by atoms with Crippen molar-refractivity contribution in [2.45, 2.75) is 13.3 Å². The van der Waals surface area contributed by atoms with E-state index >= 15 is 0 Å². The summed E-state index contributed by atoms with van der Waals surface area (Å²) in [7, 11) is 0. The van der Waals surface area contributed by atoms with Crippen LogP contribution < -0.4 is 5.32 Å². The number of rotatable bonds is 6. The van der Waals surface area contributed by atoms with Crippen LogP contribution in [0.15, 0.2) is 22.7 Å². The van der Waals surface area contributed by atoms with Gasteiger partial charge in [-0.2, -0.15) is 0 Å². The third kappa shape index (κ3) is 4.61. The van der Waals surface area contributed by atoms with Crippen LogP contribution in [0.25, 0.3) is 0 Å². The first-order valence-corrected chi connectivity index (χ1v) is 6.54. The normalized spacial score (nSPS) is 11.7. The quantitative estimate of drug-likeness (QED) is 0.607. The first-order chi connectivity index (χ1) is 9.31. The molecule has 1 aromatic carbocycles. The predicted molar refractivity (Wildman–Crippen MR) is 74.5 cm³/mol. The standard InChI is InChI=1S/C12H13BrN2O5/c1-7(4-11(16)17)6-14-12(18)9-3-2-8(13)5-10(9)15(19)20/h2-3,5,7H,4,6H2,1H3,(H,14,18)(H,16,17). The zero-order valence-electron chi connectivity index (χ0n) is 10.6. The van der Waals surface area contributed by atoms with Crippen molar-refractivity contribution >= 4 is 33.5 Å². The van der Waals surface area contributed by atoms with Gasteiger partial charge in [0.15, 0.2) is 0 Å². The minimum Gasteiger partial charge on any atom is -0.481 e. The van der Waals surface area contributed by atoms with Crippen LogP contribution in [-0.2, 0) is 4.79 Å². The minimum absolute atomic E-state index is 0.0549. The third-order valence-corrected chi connectivity index (χ3v) is 3.03. The summed E-state index contributed by atoms with van der Waals surface area (Å²) >= 11 is 3.10. The molecule has 1 amide bonds. The fraction of sp³-hybridized carbons (Fsp3) is 0.333. The molecule has 0 heterocycles. The number of amides is 1. The number of aliphatic carboxylic acids is 1. The molecule has 1 atom stereocenters. The molecule has 0 saturated carbocycles. The van der Waals surface area contributed by atoms with E-state index in [9.17, 15) is 19.7 Å². The summed E-state index contributed by atoms with van der Waals surface area (Å²) in [5, 5.41) is 22.0. The van der Waals surface area contributed by atoms with E-state index in [4.69, 9.17) is 5.11 Å². The van der Waals surface area contributed by atoms with Gasteiger partial charge in [0.1, 0.15) is 5.56 Å². The van der Waals surface area contributed by atoms with Gasteiger partial charge in [-0.1, -0.05) is 22.9 Å². The molecule has 8 heteroatoms. The predicted octanol–water partition coefficient (Wildman–Crippen LogP) is 2.20. The Hall–Kier alpha value is -1.96. The van der Waals surface area contributed by atoms with Gasteiger partial charge in [-0.15, -0.1) is 0 Å². The second-order valence-corrected chi connectivity index (χ2v) is 5.25. The maximum Gasteiger partial charge on any atom is 0.303 e. The molecule has 0 fully saturated rings. The summed E-state index contributed by atoms with van der Waals surface area (Å²) in [4.78, 5) is 32.6. The number of carbonyl (C=O) groups excluding carboxylic acids is 1. The van der Waals surface area contributed by atoms with Crippen LogP contribution in [0.1, 0.15) is 23.7 Å². The molecule has 0 aliphatic carbocycles. The smallest absolute Gasteiger partial charge is 0.303 e. The molecule has 7 nitrogen and oxygen atoms in total. The van der Waals surface area contributed by atoms with Crippen molar-refractivity contribution in [2.75, 3.05) is 6.54 Å². The van der Waals surface area contributed by atoms with Crippen molar-refractivity contribution < 1.29 is 19.6 Å². The summed E-state index contributed by atoms with van der Waals surface area (Å²) < 4.78 is 0.500. The molecule has 0 aliphatic heterocycles. The van der Waals surface area contributed by atoms with Crippen molar-refractivity contribution in [3.8, 4) is 0 Å². The first kappa shape index (κ1) is 16.1.